The summed E-state index contributed by atoms with van der Waals surface area (Å²) in [6.07, 6.45) is -0.291. The number of H-pyrrole nitrogens is 1. The Morgan fingerprint density at radius 2 is 2.10 bits per heavy atom. The van der Waals surface area contributed by atoms with Gasteiger partial charge in [-0.1, -0.05) is 12.1 Å². The van der Waals surface area contributed by atoms with Crippen molar-refractivity contribution >= 4 is 5.97 Å². The maximum Gasteiger partial charge on any atom is 0.309 e. The molecule has 110 valence electrons. The van der Waals surface area contributed by atoms with E-state index < -0.39 is 5.97 Å². The molecule has 1 aromatic carbocycles. The zero-order valence-corrected chi connectivity index (χ0v) is 11.8. The number of ether oxygens (including phenoxy) is 1. The third kappa shape index (κ3) is 4.17. The lowest BCUT2D eigenvalue weighted by molar-refractivity contribution is -0.136. The van der Waals surface area contributed by atoms with Crippen molar-refractivity contribution in [3.05, 3.63) is 57.3 Å². The van der Waals surface area contributed by atoms with Crippen LogP contribution in [-0.4, -0.2) is 21.0 Å². The average Bonchev–Trinajstić information content (AvgIpc) is 2.38. The van der Waals surface area contributed by atoms with Crippen molar-refractivity contribution in [3.63, 3.8) is 0 Å². The van der Waals surface area contributed by atoms with Gasteiger partial charge in [0.1, 0.15) is 18.2 Å². The van der Waals surface area contributed by atoms with E-state index in [9.17, 15) is 9.59 Å². The van der Waals surface area contributed by atoms with Gasteiger partial charge >= 0.3 is 5.97 Å². The van der Waals surface area contributed by atoms with Crippen molar-refractivity contribution < 1.29 is 14.6 Å². The Morgan fingerprint density at radius 1 is 1.33 bits per heavy atom. The van der Waals surface area contributed by atoms with Gasteiger partial charge in [-0.25, -0.2) is 4.98 Å². The van der Waals surface area contributed by atoms with Gasteiger partial charge in [0.25, 0.3) is 5.56 Å². The van der Waals surface area contributed by atoms with E-state index in [-0.39, 0.29) is 24.3 Å². The van der Waals surface area contributed by atoms with E-state index in [2.05, 4.69) is 9.97 Å². The summed E-state index contributed by atoms with van der Waals surface area (Å²) in [7, 11) is 0. The van der Waals surface area contributed by atoms with E-state index in [4.69, 9.17) is 9.84 Å². The average molecular weight is 288 g/mol. The first-order valence-electron chi connectivity index (χ1n) is 6.45. The summed E-state index contributed by atoms with van der Waals surface area (Å²) in [4.78, 5) is 28.8. The molecule has 0 aliphatic carbocycles. The van der Waals surface area contributed by atoms with Crippen LogP contribution >= 0.6 is 0 Å². The molecule has 0 fully saturated rings. The number of carbonyl (C=O) groups is 1. The van der Waals surface area contributed by atoms with Crippen LogP contribution in [0.2, 0.25) is 0 Å². The van der Waals surface area contributed by atoms with E-state index in [1.165, 1.54) is 6.07 Å². The largest absolute Gasteiger partial charge is 0.485 e. The normalized spacial score (nSPS) is 10.4. The van der Waals surface area contributed by atoms with Crippen molar-refractivity contribution in [1.82, 2.24) is 9.97 Å². The van der Waals surface area contributed by atoms with Gasteiger partial charge < -0.3 is 14.8 Å². The number of nitrogens with zero attached hydrogens (tertiary/aromatic N) is 1. The summed E-state index contributed by atoms with van der Waals surface area (Å²) < 4.78 is 5.64. The van der Waals surface area contributed by atoms with Crippen LogP contribution < -0.4 is 10.3 Å². The predicted octanol–water partition coefficient (Wildman–Crippen LogP) is 1.59. The van der Waals surface area contributed by atoms with Crippen molar-refractivity contribution in [2.24, 2.45) is 0 Å². The number of aromatic amines is 1. The molecule has 6 heteroatoms. The molecule has 2 aromatic rings. The Kier molecular flexibility index (Phi) is 4.37. The number of carboxylic acid groups (broad SMARTS) is 1. The van der Waals surface area contributed by atoms with E-state index in [0.717, 1.165) is 11.1 Å². The van der Waals surface area contributed by atoms with Gasteiger partial charge in [0.15, 0.2) is 0 Å². The Bertz CT molecular complexity index is 722. The van der Waals surface area contributed by atoms with Crippen LogP contribution in [0, 0.1) is 13.8 Å². The first kappa shape index (κ1) is 14.8. The number of hydrogen-bond donors (Lipinski definition) is 2. The van der Waals surface area contributed by atoms with Gasteiger partial charge in [-0.2, -0.15) is 0 Å². The molecule has 1 aromatic heterocycles. The third-order valence-corrected chi connectivity index (χ3v) is 2.88. The second-order valence-electron chi connectivity index (χ2n) is 4.81. The van der Waals surface area contributed by atoms with Crippen LogP contribution in [0.25, 0.3) is 0 Å². The lowest BCUT2D eigenvalue weighted by Gasteiger charge is -2.10. The van der Waals surface area contributed by atoms with Crippen molar-refractivity contribution in [3.8, 4) is 5.75 Å². The zero-order chi connectivity index (χ0) is 15.4. The quantitative estimate of drug-likeness (QED) is 0.871. The number of nitrogens with one attached hydrogen (secondary N) is 1. The van der Waals surface area contributed by atoms with Crippen LogP contribution in [0.3, 0.4) is 0 Å². The molecule has 6 nitrogen and oxygen atoms in total. The van der Waals surface area contributed by atoms with Crippen LogP contribution in [0.4, 0.5) is 0 Å². The molecule has 1 heterocycles. The van der Waals surface area contributed by atoms with E-state index in [0.29, 0.717) is 11.6 Å². The fourth-order valence-corrected chi connectivity index (χ4v) is 1.89. The molecule has 0 amide bonds. The molecule has 21 heavy (non-hydrogen) atoms. The first-order valence-corrected chi connectivity index (χ1v) is 6.45. The summed E-state index contributed by atoms with van der Waals surface area (Å²) in [5.41, 5.74) is 1.87. The molecule has 0 bridgehead atoms. The number of aliphatic carboxylic acids is 1. The molecule has 0 unspecified atom stereocenters. The number of aromatic nitrogens is 2. The van der Waals surface area contributed by atoms with Crippen molar-refractivity contribution in [1.29, 1.82) is 0 Å². The first-order chi connectivity index (χ1) is 9.94. The van der Waals surface area contributed by atoms with Gasteiger partial charge in [-0.3, -0.25) is 9.59 Å². The second kappa shape index (κ2) is 6.21. The molecule has 2 N–H and O–H groups in total. The maximum atomic E-state index is 11.5. The Morgan fingerprint density at radius 3 is 2.81 bits per heavy atom. The number of aryl methyl sites for hydroxylation is 2. The minimum absolute atomic E-state index is 0.0764. The summed E-state index contributed by atoms with van der Waals surface area (Å²) >= 11 is 0. The molecule has 2 rings (SSSR count). The van der Waals surface area contributed by atoms with Gasteiger partial charge in [-0.05, 0) is 31.0 Å². The maximum absolute atomic E-state index is 11.5. The molecule has 0 spiro atoms. The highest BCUT2D eigenvalue weighted by molar-refractivity contribution is 5.69. The third-order valence-electron chi connectivity index (χ3n) is 2.88. The number of hydrogen-bond acceptors (Lipinski definition) is 4. The Hall–Kier alpha value is -2.63. The SMILES string of the molecule is Cc1ccc(C)c(OCc2nc(CC(=O)O)cc(=O)[nH]2)c1. The minimum Gasteiger partial charge on any atom is -0.485 e. The fourth-order valence-electron chi connectivity index (χ4n) is 1.89. The summed E-state index contributed by atoms with van der Waals surface area (Å²) in [5.74, 6) is -0.0181. The smallest absolute Gasteiger partial charge is 0.309 e. The molecular formula is C15H16N2O4. The zero-order valence-electron chi connectivity index (χ0n) is 11.8. The van der Waals surface area contributed by atoms with Crippen LogP contribution in [0.5, 0.6) is 5.75 Å². The van der Waals surface area contributed by atoms with E-state index in [1.807, 2.05) is 32.0 Å². The molecule has 0 saturated heterocycles. The van der Waals surface area contributed by atoms with Gasteiger partial charge in [-0.15, -0.1) is 0 Å². The standard InChI is InChI=1S/C15H16N2O4/c1-9-3-4-10(2)12(5-9)21-8-13-16-11(7-15(19)20)6-14(18)17-13/h3-6H,7-8H2,1-2H3,(H,19,20)(H,16,17,18). The molecular weight excluding hydrogens is 272 g/mol. The van der Waals surface area contributed by atoms with Gasteiger partial charge in [0.05, 0.1) is 12.1 Å². The fraction of sp³-hybridized carbons (Fsp3) is 0.267. The van der Waals surface area contributed by atoms with Crippen molar-refractivity contribution in [2.75, 3.05) is 0 Å². The number of benzene rings is 1. The monoisotopic (exact) mass is 288 g/mol. The lowest BCUT2D eigenvalue weighted by Crippen LogP contribution is -2.16. The highest BCUT2D eigenvalue weighted by atomic mass is 16.5. The Labute approximate surface area is 121 Å². The van der Waals surface area contributed by atoms with Crippen LogP contribution in [0.1, 0.15) is 22.6 Å². The van der Waals surface area contributed by atoms with Gasteiger partial charge in [0, 0.05) is 6.07 Å². The van der Waals surface area contributed by atoms with E-state index in [1.54, 1.807) is 0 Å². The topological polar surface area (TPSA) is 92.3 Å². The van der Waals surface area contributed by atoms with Crippen LogP contribution in [-0.2, 0) is 17.8 Å². The molecule has 0 radical (unpaired) electrons. The summed E-state index contributed by atoms with van der Waals surface area (Å²) in [6.45, 7) is 3.96. The minimum atomic E-state index is -1.03. The number of rotatable bonds is 5. The van der Waals surface area contributed by atoms with E-state index >= 15 is 0 Å². The summed E-state index contributed by atoms with van der Waals surface area (Å²) in [6, 6.07) is 7.00. The predicted molar refractivity (Wildman–Crippen MR) is 76.4 cm³/mol. The Balaban J connectivity index is 2.16. The molecule has 0 aliphatic heterocycles. The van der Waals surface area contributed by atoms with Crippen LogP contribution in [0.15, 0.2) is 29.1 Å². The summed E-state index contributed by atoms with van der Waals surface area (Å²) in [5, 5.41) is 8.74. The van der Waals surface area contributed by atoms with Gasteiger partial charge in [0.2, 0.25) is 0 Å². The number of carboxylic acids is 1. The molecule has 0 aliphatic rings. The lowest BCUT2D eigenvalue weighted by atomic mass is 10.1. The molecule has 0 atom stereocenters. The van der Waals surface area contributed by atoms with Crippen molar-refractivity contribution in [2.45, 2.75) is 26.9 Å². The highest BCUT2D eigenvalue weighted by Crippen LogP contribution is 2.19. The second-order valence-corrected chi connectivity index (χ2v) is 4.81. The molecule has 0 saturated carbocycles. The highest BCUT2D eigenvalue weighted by Gasteiger charge is 2.07.